The van der Waals surface area contributed by atoms with Crippen molar-refractivity contribution in [3.8, 4) is 0 Å². The molecule has 100 valence electrons. The molecular weight excluding hydrogens is 292 g/mol. The van der Waals surface area contributed by atoms with Gasteiger partial charge >= 0.3 is 0 Å². The van der Waals surface area contributed by atoms with Crippen molar-refractivity contribution in [3.63, 3.8) is 0 Å². The molecule has 1 aromatic rings. The molecule has 1 aromatic carbocycles. The van der Waals surface area contributed by atoms with E-state index in [0.29, 0.717) is 12.5 Å². The van der Waals surface area contributed by atoms with Crippen molar-refractivity contribution >= 4 is 27.3 Å². The number of hydrogen-bond donors (Lipinski definition) is 3. The molecular formula is C14H21BrN2O. The highest BCUT2D eigenvalue weighted by Gasteiger charge is 2.32. The molecule has 0 aliphatic heterocycles. The van der Waals surface area contributed by atoms with Crippen LogP contribution in [0.3, 0.4) is 0 Å². The highest BCUT2D eigenvalue weighted by molar-refractivity contribution is 9.10. The number of halogens is 1. The molecule has 4 heteroatoms. The van der Waals surface area contributed by atoms with Gasteiger partial charge in [-0.3, -0.25) is 0 Å². The van der Waals surface area contributed by atoms with E-state index >= 15 is 0 Å². The first-order valence-electron chi connectivity index (χ1n) is 6.50. The molecule has 0 heterocycles. The Morgan fingerprint density at radius 2 is 2.33 bits per heavy atom. The van der Waals surface area contributed by atoms with Gasteiger partial charge in [-0.1, -0.05) is 19.8 Å². The average Bonchev–Trinajstić information content (AvgIpc) is 2.27. The summed E-state index contributed by atoms with van der Waals surface area (Å²) >= 11 is 3.48. The third-order valence-corrected chi connectivity index (χ3v) is 4.32. The van der Waals surface area contributed by atoms with Gasteiger partial charge in [-0.25, -0.2) is 0 Å². The molecule has 4 N–H and O–H groups in total. The zero-order valence-electron chi connectivity index (χ0n) is 10.7. The monoisotopic (exact) mass is 312 g/mol. The number of nitrogens with two attached hydrogens (primary N) is 1. The van der Waals surface area contributed by atoms with Crippen LogP contribution in [0.15, 0.2) is 22.7 Å². The van der Waals surface area contributed by atoms with Gasteiger partial charge in [0.25, 0.3) is 0 Å². The Kier molecular flexibility index (Phi) is 4.17. The minimum atomic E-state index is -0.571. The van der Waals surface area contributed by atoms with E-state index < -0.39 is 5.60 Å². The lowest BCUT2D eigenvalue weighted by atomic mass is 9.79. The number of benzene rings is 1. The van der Waals surface area contributed by atoms with Gasteiger partial charge < -0.3 is 16.2 Å². The van der Waals surface area contributed by atoms with Crippen molar-refractivity contribution in [1.29, 1.82) is 0 Å². The highest BCUT2D eigenvalue weighted by Crippen LogP contribution is 2.33. The molecule has 18 heavy (non-hydrogen) atoms. The number of anilines is 2. The fraction of sp³-hybridized carbons (Fsp3) is 0.571. The minimum Gasteiger partial charge on any atom is -0.399 e. The Morgan fingerprint density at radius 1 is 1.56 bits per heavy atom. The predicted octanol–water partition coefficient (Wildman–Crippen LogP) is 3.38. The number of hydrogen-bond acceptors (Lipinski definition) is 3. The van der Waals surface area contributed by atoms with E-state index in [1.165, 1.54) is 6.42 Å². The maximum Gasteiger partial charge on any atom is 0.0821 e. The largest absolute Gasteiger partial charge is 0.399 e. The smallest absolute Gasteiger partial charge is 0.0821 e. The van der Waals surface area contributed by atoms with Crippen LogP contribution in [0, 0.1) is 5.92 Å². The summed E-state index contributed by atoms with van der Waals surface area (Å²) in [6, 6.07) is 5.67. The summed E-state index contributed by atoms with van der Waals surface area (Å²) in [5.74, 6) is 0.611. The summed E-state index contributed by atoms with van der Waals surface area (Å²) in [7, 11) is 0. The van der Waals surface area contributed by atoms with E-state index in [1.807, 2.05) is 18.2 Å². The van der Waals surface area contributed by atoms with E-state index in [-0.39, 0.29) is 0 Å². The van der Waals surface area contributed by atoms with Gasteiger partial charge in [-0.05, 0) is 52.9 Å². The first-order valence-corrected chi connectivity index (χ1v) is 7.29. The molecule has 2 unspecified atom stereocenters. The van der Waals surface area contributed by atoms with E-state index in [4.69, 9.17) is 5.73 Å². The van der Waals surface area contributed by atoms with Gasteiger partial charge in [0.05, 0.1) is 5.60 Å². The van der Waals surface area contributed by atoms with Crippen LogP contribution in [0.4, 0.5) is 11.4 Å². The molecule has 0 spiro atoms. The second kappa shape index (κ2) is 5.49. The third-order valence-electron chi connectivity index (χ3n) is 3.67. The Bertz CT molecular complexity index is 424. The summed E-state index contributed by atoms with van der Waals surface area (Å²) in [5, 5.41) is 13.9. The van der Waals surface area contributed by atoms with Gasteiger partial charge in [0.1, 0.15) is 0 Å². The highest BCUT2D eigenvalue weighted by atomic mass is 79.9. The molecule has 0 aromatic heterocycles. The Balaban J connectivity index is 1.98. The number of nitrogens with one attached hydrogen (secondary N) is 1. The normalized spacial score (nSPS) is 28.1. The number of rotatable bonds is 3. The molecule has 1 saturated carbocycles. The molecule has 0 bridgehead atoms. The van der Waals surface area contributed by atoms with Crippen molar-refractivity contribution in [3.05, 3.63) is 22.7 Å². The van der Waals surface area contributed by atoms with E-state index in [1.54, 1.807) is 0 Å². The fourth-order valence-corrected chi connectivity index (χ4v) is 3.26. The van der Waals surface area contributed by atoms with Gasteiger partial charge in [0.2, 0.25) is 0 Å². The summed E-state index contributed by atoms with van der Waals surface area (Å²) in [4.78, 5) is 0. The molecule has 0 saturated heterocycles. The van der Waals surface area contributed by atoms with Crippen molar-refractivity contribution in [2.75, 3.05) is 17.6 Å². The zero-order valence-corrected chi connectivity index (χ0v) is 12.3. The van der Waals surface area contributed by atoms with Gasteiger partial charge in [0.15, 0.2) is 0 Å². The SMILES string of the molecule is CC1CCCC(O)(CNc2ccc(N)cc2Br)C1. The summed E-state index contributed by atoms with van der Waals surface area (Å²) < 4.78 is 0.940. The van der Waals surface area contributed by atoms with Crippen molar-refractivity contribution in [2.24, 2.45) is 5.92 Å². The fourth-order valence-electron chi connectivity index (χ4n) is 2.73. The van der Waals surface area contributed by atoms with Crippen LogP contribution < -0.4 is 11.1 Å². The maximum absolute atomic E-state index is 10.5. The second-order valence-electron chi connectivity index (χ2n) is 5.52. The van der Waals surface area contributed by atoms with Crippen LogP contribution in [0.1, 0.15) is 32.6 Å². The molecule has 2 atom stereocenters. The quantitative estimate of drug-likeness (QED) is 0.750. The standard InChI is InChI=1S/C14H21BrN2O/c1-10-3-2-6-14(18,8-10)9-17-13-5-4-11(16)7-12(13)15/h4-5,7,10,17-18H,2-3,6,8-9,16H2,1H3. The van der Waals surface area contributed by atoms with Crippen LogP contribution in [0.5, 0.6) is 0 Å². The summed E-state index contributed by atoms with van der Waals surface area (Å²) in [5.41, 5.74) is 6.85. The molecule has 2 rings (SSSR count). The zero-order chi connectivity index (χ0) is 13.2. The maximum atomic E-state index is 10.5. The Morgan fingerprint density at radius 3 is 3.00 bits per heavy atom. The van der Waals surface area contributed by atoms with Crippen LogP contribution in [0.2, 0.25) is 0 Å². The van der Waals surface area contributed by atoms with Crippen LogP contribution in [-0.4, -0.2) is 17.3 Å². The first-order chi connectivity index (χ1) is 8.48. The van der Waals surface area contributed by atoms with Crippen LogP contribution in [-0.2, 0) is 0 Å². The van der Waals surface area contributed by atoms with Gasteiger partial charge in [0, 0.05) is 22.4 Å². The van der Waals surface area contributed by atoms with E-state index in [0.717, 1.165) is 35.1 Å². The lowest BCUT2D eigenvalue weighted by Crippen LogP contribution is -2.41. The van der Waals surface area contributed by atoms with Crippen LogP contribution in [0.25, 0.3) is 0 Å². The molecule has 1 fully saturated rings. The number of aliphatic hydroxyl groups is 1. The van der Waals surface area contributed by atoms with E-state index in [2.05, 4.69) is 28.2 Å². The van der Waals surface area contributed by atoms with Crippen LogP contribution >= 0.6 is 15.9 Å². The van der Waals surface area contributed by atoms with E-state index in [9.17, 15) is 5.11 Å². The lowest BCUT2D eigenvalue weighted by Gasteiger charge is -2.36. The molecule has 1 aliphatic rings. The van der Waals surface area contributed by atoms with Crippen molar-refractivity contribution < 1.29 is 5.11 Å². The Hall–Kier alpha value is -0.740. The third kappa shape index (κ3) is 3.39. The molecule has 3 nitrogen and oxygen atoms in total. The van der Waals surface area contributed by atoms with Gasteiger partial charge in [-0.15, -0.1) is 0 Å². The topological polar surface area (TPSA) is 58.3 Å². The second-order valence-corrected chi connectivity index (χ2v) is 6.37. The number of nitrogen functional groups attached to an aromatic ring is 1. The summed E-state index contributed by atoms with van der Waals surface area (Å²) in [6.07, 6.45) is 4.11. The molecule has 0 radical (unpaired) electrons. The first kappa shape index (κ1) is 13.7. The lowest BCUT2D eigenvalue weighted by molar-refractivity contribution is -0.000769. The minimum absolute atomic E-state index is 0.571. The van der Waals surface area contributed by atoms with Crippen molar-refractivity contribution in [2.45, 2.75) is 38.2 Å². The molecule has 0 amide bonds. The summed E-state index contributed by atoms with van der Waals surface area (Å²) in [6.45, 7) is 2.81. The average molecular weight is 313 g/mol. The predicted molar refractivity (Wildman–Crippen MR) is 79.6 cm³/mol. The van der Waals surface area contributed by atoms with Gasteiger partial charge in [-0.2, -0.15) is 0 Å². The molecule has 1 aliphatic carbocycles. The van der Waals surface area contributed by atoms with Crippen molar-refractivity contribution in [1.82, 2.24) is 0 Å². The Labute approximate surface area is 117 Å².